The Bertz CT molecular complexity index is 942. The lowest BCUT2D eigenvalue weighted by Crippen LogP contribution is -2.16. The summed E-state index contributed by atoms with van der Waals surface area (Å²) in [6.07, 6.45) is 1.65. The molecule has 0 saturated carbocycles. The van der Waals surface area contributed by atoms with Gasteiger partial charge in [0, 0.05) is 5.69 Å². The molecule has 2 aromatic carbocycles. The van der Waals surface area contributed by atoms with E-state index in [9.17, 15) is 9.59 Å². The summed E-state index contributed by atoms with van der Waals surface area (Å²) in [4.78, 5) is 25.1. The number of carbonyl (C=O) groups is 2. The summed E-state index contributed by atoms with van der Waals surface area (Å²) in [5.74, 6) is -1.03. The normalized spacial score (nSPS) is 15.1. The molecule has 1 aliphatic rings. The van der Waals surface area contributed by atoms with Gasteiger partial charge < -0.3 is 14.8 Å². The van der Waals surface area contributed by atoms with Crippen LogP contribution in [0.4, 0.5) is 5.69 Å². The maximum Gasteiger partial charge on any atom is 0.347 e. The average molecular weight is 363 g/mol. The van der Waals surface area contributed by atoms with Gasteiger partial charge in [0.2, 0.25) is 11.7 Å². The Morgan fingerprint density at radius 2 is 1.89 bits per heavy atom. The lowest BCUT2D eigenvalue weighted by molar-refractivity contribution is -0.139. The molecule has 0 fully saturated rings. The third-order valence-corrected chi connectivity index (χ3v) is 4.11. The molecule has 2 aromatic rings. The summed E-state index contributed by atoms with van der Waals surface area (Å²) < 4.78 is 10.8. The van der Waals surface area contributed by atoms with Gasteiger partial charge in [-0.1, -0.05) is 42.0 Å². The van der Waals surface area contributed by atoms with Crippen molar-refractivity contribution >= 4 is 23.5 Å². The zero-order valence-electron chi connectivity index (χ0n) is 15.5. The molecule has 27 heavy (non-hydrogen) atoms. The molecule has 1 aliphatic heterocycles. The van der Waals surface area contributed by atoms with Gasteiger partial charge in [-0.15, -0.1) is 0 Å². The monoisotopic (exact) mass is 363 g/mol. The van der Waals surface area contributed by atoms with Crippen LogP contribution in [0.1, 0.15) is 23.6 Å². The Morgan fingerprint density at radius 3 is 2.56 bits per heavy atom. The fourth-order valence-corrected chi connectivity index (χ4v) is 2.79. The number of aryl methyl sites for hydroxylation is 2. The zero-order chi connectivity index (χ0) is 19.4. The smallest absolute Gasteiger partial charge is 0.347 e. The molecule has 0 aliphatic carbocycles. The van der Waals surface area contributed by atoms with Crippen molar-refractivity contribution in [1.29, 1.82) is 0 Å². The van der Waals surface area contributed by atoms with Crippen molar-refractivity contribution in [3.05, 3.63) is 82.4 Å². The van der Waals surface area contributed by atoms with Crippen LogP contribution in [0, 0.1) is 13.8 Å². The van der Waals surface area contributed by atoms with E-state index in [1.165, 1.54) is 0 Å². The molecule has 0 saturated heterocycles. The van der Waals surface area contributed by atoms with E-state index >= 15 is 0 Å². The number of nitrogens with one attached hydrogen (secondary N) is 1. The quantitative estimate of drug-likeness (QED) is 0.492. The highest BCUT2D eigenvalue weighted by atomic mass is 16.5. The van der Waals surface area contributed by atoms with Gasteiger partial charge in [-0.05, 0) is 50.1 Å². The molecule has 3 rings (SSSR count). The van der Waals surface area contributed by atoms with Crippen molar-refractivity contribution in [2.45, 2.75) is 20.8 Å². The van der Waals surface area contributed by atoms with Gasteiger partial charge >= 0.3 is 5.97 Å². The number of hydrogen-bond donors (Lipinski definition) is 1. The Labute approximate surface area is 158 Å². The minimum atomic E-state index is -0.704. The van der Waals surface area contributed by atoms with Crippen LogP contribution in [0.25, 0.3) is 6.08 Å². The number of anilines is 1. The van der Waals surface area contributed by atoms with E-state index in [-0.39, 0.29) is 23.8 Å². The highest BCUT2D eigenvalue weighted by molar-refractivity contribution is 6.26. The van der Waals surface area contributed by atoms with Crippen LogP contribution in [-0.2, 0) is 19.1 Å². The second-order valence-corrected chi connectivity index (χ2v) is 6.22. The van der Waals surface area contributed by atoms with Gasteiger partial charge in [-0.25, -0.2) is 4.79 Å². The second kappa shape index (κ2) is 7.91. The topological polar surface area (TPSA) is 64.6 Å². The molecule has 1 heterocycles. The summed E-state index contributed by atoms with van der Waals surface area (Å²) in [5, 5.41) is 3.00. The summed E-state index contributed by atoms with van der Waals surface area (Å²) in [7, 11) is 0. The van der Waals surface area contributed by atoms with Gasteiger partial charge in [0.25, 0.3) is 0 Å². The van der Waals surface area contributed by atoms with Crippen molar-refractivity contribution in [3.8, 4) is 0 Å². The second-order valence-electron chi connectivity index (χ2n) is 6.22. The number of rotatable bonds is 5. The largest absolute Gasteiger partial charge is 0.462 e. The maximum atomic E-state index is 12.8. The van der Waals surface area contributed by atoms with Crippen LogP contribution in [0.5, 0.6) is 0 Å². The van der Waals surface area contributed by atoms with E-state index in [4.69, 9.17) is 9.47 Å². The molecule has 0 amide bonds. The van der Waals surface area contributed by atoms with Crippen LogP contribution < -0.4 is 5.32 Å². The number of carbonyl (C=O) groups excluding carboxylic acids is 2. The van der Waals surface area contributed by atoms with E-state index in [2.05, 4.69) is 5.32 Å². The summed E-state index contributed by atoms with van der Waals surface area (Å²) >= 11 is 0. The first kappa shape index (κ1) is 18.5. The fraction of sp³-hybridized carbons (Fsp3) is 0.182. The molecule has 138 valence electrons. The first-order valence-corrected chi connectivity index (χ1v) is 8.74. The molecular weight excluding hydrogens is 342 g/mol. The van der Waals surface area contributed by atoms with Crippen molar-refractivity contribution < 1.29 is 19.1 Å². The first-order chi connectivity index (χ1) is 13.0. The van der Waals surface area contributed by atoms with Crippen molar-refractivity contribution in [2.24, 2.45) is 0 Å². The van der Waals surface area contributed by atoms with Gasteiger partial charge in [-0.3, -0.25) is 4.79 Å². The summed E-state index contributed by atoms with van der Waals surface area (Å²) in [6.45, 7) is 5.82. The third-order valence-electron chi connectivity index (χ3n) is 4.11. The van der Waals surface area contributed by atoms with Crippen molar-refractivity contribution in [1.82, 2.24) is 0 Å². The van der Waals surface area contributed by atoms with Gasteiger partial charge in [0.15, 0.2) is 11.3 Å². The number of Topliss-reactive ketones (excluding diaryl/α,β-unsaturated/α-hetero) is 1. The Morgan fingerprint density at radius 1 is 1.15 bits per heavy atom. The minimum Gasteiger partial charge on any atom is -0.462 e. The number of ether oxygens (including phenoxy) is 2. The number of allylic oxidation sites excluding steroid dienone is 1. The Balaban J connectivity index is 1.96. The lowest BCUT2D eigenvalue weighted by Gasteiger charge is -2.08. The van der Waals surface area contributed by atoms with E-state index < -0.39 is 11.8 Å². The lowest BCUT2D eigenvalue weighted by atomic mass is 10.0. The van der Waals surface area contributed by atoms with Gasteiger partial charge in [0.1, 0.15) is 0 Å². The van der Waals surface area contributed by atoms with Crippen LogP contribution in [-0.4, -0.2) is 18.4 Å². The SMILES string of the molecule is CCOC(=O)C1=C(Nc2ccccc2)OC(=Cc2ccc(C)cc2C)C1=O. The molecule has 0 atom stereocenters. The van der Waals surface area contributed by atoms with Crippen LogP contribution in [0.2, 0.25) is 0 Å². The van der Waals surface area contributed by atoms with Crippen LogP contribution in [0.3, 0.4) is 0 Å². The minimum absolute atomic E-state index is 0.0839. The Kier molecular flexibility index (Phi) is 5.41. The molecule has 1 N–H and O–H groups in total. The molecule has 0 bridgehead atoms. The zero-order valence-corrected chi connectivity index (χ0v) is 15.5. The number of benzene rings is 2. The Hall–Kier alpha value is -3.34. The summed E-state index contributed by atoms with van der Waals surface area (Å²) in [6, 6.07) is 15.1. The van der Waals surface area contributed by atoms with Crippen molar-refractivity contribution in [3.63, 3.8) is 0 Å². The standard InChI is InChI=1S/C22H21NO4/c1-4-26-22(25)19-20(24)18(13-16-11-10-14(2)12-15(16)3)27-21(19)23-17-8-6-5-7-9-17/h5-13,23H,4H2,1-3H3. The molecule has 5 heteroatoms. The summed E-state index contributed by atoms with van der Waals surface area (Å²) in [5.41, 5.74) is 3.57. The third kappa shape index (κ3) is 4.08. The van der Waals surface area contributed by atoms with E-state index in [1.54, 1.807) is 13.0 Å². The van der Waals surface area contributed by atoms with E-state index in [0.29, 0.717) is 5.69 Å². The van der Waals surface area contributed by atoms with Crippen LogP contribution in [0.15, 0.2) is 65.7 Å². The molecule has 0 aromatic heterocycles. The number of hydrogen-bond acceptors (Lipinski definition) is 5. The maximum absolute atomic E-state index is 12.8. The molecular formula is C22H21NO4. The van der Waals surface area contributed by atoms with Crippen molar-refractivity contribution in [2.75, 3.05) is 11.9 Å². The number of para-hydroxylation sites is 1. The molecule has 0 spiro atoms. The number of ketones is 1. The number of esters is 1. The van der Waals surface area contributed by atoms with E-state index in [0.717, 1.165) is 16.7 Å². The fourth-order valence-electron chi connectivity index (χ4n) is 2.79. The van der Waals surface area contributed by atoms with E-state index in [1.807, 2.05) is 62.4 Å². The molecule has 0 unspecified atom stereocenters. The van der Waals surface area contributed by atoms with Gasteiger partial charge in [0.05, 0.1) is 6.61 Å². The van der Waals surface area contributed by atoms with Gasteiger partial charge in [-0.2, -0.15) is 0 Å². The highest BCUT2D eigenvalue weighted by Gasteiger charge is 2.37. The average Bonchev–Trinajstić information content (AvgIpc) is 2.93. The first-order valence-electron chi connectivity index (χ1n) is 8.74. The van der Waals surface area contributed by atoms with Crippen LogP contribution >= 0.6 is 0 Å². The molecule has 0 radical (unpaired) electrons. The predicted octanol–water partition coefficient (Wildman–Crippen LogP) is 4.13. The molecule has 5 nitrogen and oxygen atoms in total. The highest BCUT2D eigenvalue weighted by Crippen LogP contribution is 2.29. The predicted molar refractivity (Wildman–Crippen MR) is 104 cm³/mol.